The van der Waals surface area contributed by atoms with Crippen LogP contribution in [0.15, 0.2) is 40.1 Å². The fourth-order valence-corrected chi connectivity index (χ4v) is 3.36. The van der Waals surface area contributed by atoms with E-state index in [1.165, 1.54) is 5.56 Å². The van der Waals surface area contributed by atoms with E-state index < -0.39 is 0 Å². The van der Waals surface area contributed by atoms with Crippen molar-refractivity contribution in [3.05, 3.63) is 52.2 Å². The normalized spacial score (nSPS) is 14.7. The summed E-state index contributed by atoms with van der Waals surface area (Å²) in [7, 11) is 0. The number of rotatable bonds is 7. The minimum absolute atomic E-state index is 0. The van der Waals surface area contributed by atoms with Crippen molar-refractivity contribution in [1.82, 2.24) is 25.0 Å². The Morgan fingerprint density at radius 1 is 1.29 bits per heavy atom. The Morgan fingerprint density at radius 2 is 2.07 bits per heavy atom. The zero-order chi connectivity index (χ0) is 19.1. The van der Waals surface area contributed by atoms with Gasteiger partial charge in [0.15, 0.2) is 5.96 Å². The van der Waals surface area contributed by atoms with E-state index in [4.69, 9.17) is 0 Å². The molecule has 0 bridgehead atoms. The van der Waals surface area contributed by atoms with Crippen molar-refractivity contribution in [2.75, 3.05) is 13.1 Å². The van der Waals surface area contributed by atoms with Crippen LogP contribution < -0.4 is 16.3 Å². The van der Waals surface area contributed by atoms with Gasteiger partial charge in [-0.1, -0.05) is 30.3 Å². The molecule has 1 atom stereocenters. The molecule has 7 nitrogen and oxygen atoms in total. The third-order valence-electron chi connectivity index (χ3n) is 4.83. The summed E-state index contributed by atoms with van der Waals surface area (Å²) >= 11 is 0. The SMILES string of the molecule is CCNC(=NCCCn1nc2n(c1=O)CCCC2)NC(C)c1ccccc1.I. The quantitative estimate of drug-likeness (QED) is 0.267. The summed E-state index contributed by atoms with van der Waals surface area (Å²) in [4.78, 5) is 17.0. The molecule has 1 aromatic heterocycles. The third kappa shape index (κ3) is 5.83. The minimum Gasteiger partial charge on any atom is -0.357 e. The average Bonchev–Trinajstić information content (AvgIpc) is 3.02. The molecule has 0 amide bonds. The number of aromatic nitrogens is 3. The summed E-state index contributed by atoms with van der Waals surface area (Å²) in [5, 5.41) is 11.2. The second kappa shape index (κ2) is 11.2. The van der Waals surface area contributed by atoms with Gasteiger partial charge in [-0.2, -0.15) is 5.10 Å². The molecule has 2 heterocycles. The number of fused-ring (bicyclic) bond motifs is 1. The van der Waals surface area contributed by atoms with Crippen molar-refractivity contribution in [2.24, 2.45) is 4.99 Å². The Balaban J connectivity index is 0.00000280. The molecule has 0 radical (unpaired) electrons. The van der Waals surface area contributed by atoms with Crippen molar-refractivity contribution >= 4 is 29.9 Å². The molecule has 2 N–H and O–H groups in total. The molecular weight excluding hydrogens is 467 g/mol. The van der Waals surface area contributed by atoms with Gasteiger partial charge >= 0.3 is 5.69 Å². The van der Waals surface area contributed by atoms with Gasteiger partial charge in [0.1, 0.15) is 5.82 Å². The molecule has 3 rings (SSSR count). The summed E-state index contributed by atoms with van der Waals surface area (Å²) in [6.07, 6.45) is 3.89. The lowest BCUT2D eigenvalue weighted by Gasteiger charge is -2.18. The second-order valence-electron chi connectivity index (χ2n) is 6.92. The Labute approximate surface area is 183 Å². The van der Waals surface area contributed by atoms with Gasteiger partial charge in [0.05, 0.1) is 6.04 Å². The Morgan fingerprint density at radius 3 is 2.79 bits per heavy atom. The van der Waals surface area contributed by atoms with Crippen molar-refractivity contribution in [1.29, 1.82) is 0 Å². The van der Waals surface area contributed by atoms with Crippen LogP contribution >= 0.6 is 24.0 Å². The fraction of sp³-hybridized carbons (Fsp3) is 0.550. The Bertz CT molecular complexity index is 814. The number of guanidine groups is 1. The van der Waals surface area contributed by atoms with E-state index in [1.54, 1.807) is 4.68 Å². The van der Waals surface area contributed by atoms with E-state index in [2.05, 4.69) is 46.7 Å². The lowest BCUT2D eigenvalue weighted by molar-refractivity contribution is 0.509. The molecule has 0 fully saturated rings. The summed E-state index contributed by atoms with van der Waals surface area (Å²) in [5.41, 5.74) is 1.25. The van der Waals surface area contributed by atoms with Crippen LogP contribution in [-0.2, 0) is 19.5 Å². The maximum Gasteiger partial charge on any atom is 0.345 e. The number of nitrogens with zero attached hydrogens (tertiary/aromatic N) is 4. The molecule has 1 aliphatic heterocycles. The maximum atomic E-state index is 12.3. The van der Waals surface area contributed by atoms with E-state index in [9.17, 15) is 4.79 Å². The molecular formula is C20H31IN6O. The smallest absolute Gasteiger partial charge is 0.345 e. The van der Waals surface area contributed by atoms with E-state index in [1.807, 2.05) is 22.8 Å². The first kappa shape index (κ1) is 22.4. The summed E-state index contributed by atoms with van der Waals surface area (Å²) in [6.45, 7) is 7.04. The molecule has 1 aromatic carbocycles. The van der Waals surface area contributed by atoms with E-state index >= 15 is 0 Å². The van der Waals surface area contributed by atoms with Crippen molar-refractivity contribution in [2.45, 2.75) is 58.7 Å². The van der Waals surface area contributed by atoms with Gasteiger partial charge < -0.3 is 10.6 Å². The second-order valence-corrected chi connectivity index (χ2v) is 6.92. The molecule has 0 saturated carbocycles. The van der Waals surface area contributed by atoms with Crippen molar-refractivity contribution < 1.29 is 0 Å². The lowest BCUT2D eigenvalue weighted by atomic mass is 10.1. The number of nitrogens with one attached hydrogen (secondary N) is 2. The van der Waals surface area contributed by atoms with E-state index in [0.717, 1.165) is 50.6 Å². The van der Waals surface area contributed by atoms with Crippen LogP contribution in [0.2, 0.25) is 0 Å². The highest BCUT2D eigenvalue weighted by atomic mass is 127. The first-order valence-corrected chi connectivity index (χ1v) is 9.95. The predicted octanol–water partition coefficient (Wildman–Crippen LogP) is 2.71. The summed E-state index contributed by atoms with van der Waals surface area (Å²) in [5.74, 6) is 1.73. The summed E-state index contributed by atoms with van der Waals surface area (Å²) in [6, 6.07) is 10.5. The molecule has 0 saturated heterocycles. The number of aryl methyl sites for hydroxylation is 2. The van der Waals surface area contributed by atoms with Gasteiger partial charge in [-0.05, 0) is 38.7 Å². The fourth-order valence-electron chi connectivity index (χ4n) is 3.36. The van der Waals surface area contributed by atoms with Gasteiger partial charge in [-0.15, -0.1) is 24.0 Å². The molecule has 2 aromatic rings. The van der Waals surface area contributed by atoms with Gasteiger partial charge in [0.25, 0.3) is 0 Å². The van der Waals surface area contributed by atoms with Crippen LogP contribution in [-0.4, -0.2) is 33.4 Å². The first-order chi connectivity index (χ1) is 13.2. The van der Waals surface area contributed by atoms with Crippen LogP contribution in [0.5, 0.6) is 0 Å². The highest BCUT2D eigenvalue weighted by molar-refractivity contribution is 14.0. The highest BCUT2D eigenvalue weighted by Gasteiger charge is 2.16. The third-order valence-corrected chi connectivity index (χ3v) is 4.83. The standard InChI is InChI=1S/C20H30N6O.HI/c1-3-21-19(23-16(2)17-10-5-4-6-11-17)22-13-9-15-26-20(27)25-14-8-7-12-18(25)24-26;/h4-6,10-11,16H,3,7-9,12-15H2,1-2H3,(H2,21,22,23);1H. The number of aliphatic imine (C=N–C) groups is 1. The maximum absolute atomic E-state index is 12.3. The van der Waals surface area contributed by atoms with Gasteiger partial charge in [0.2, 0.25) is 0 Å². The molecule has 28 heavy (non-hydrogen) atoms. The number of halogens is 1. The van der Waals surface area contributed by atoms with Gasteiger partial charge in [-0.3, -0.25) is 9.56 Å². The van der Waals surface area contributed by atoms with Crippen LogP contribution in [0.3, 0.4) is 0 Å². The monoisotopic (exact) mass is 498 g/mol. The Kier molecular flexibility index (Phi) is 9.01. The zero-order valence-corrected chi connectivity index (χ0v) is 19.1. The topological polar surface area (TPSA) is 76.2 Å². The number of benzene rings is 1. The molecule has 8 heteroatoms. The molecule has 1 unspecified atom stereocenters. The molecule has 154 valence electrons. The summed E-state index contributed by atoms with van der Waals surface area (Å²) < 4.78 is 3.42. The van der Waals surface area contributed by atoms with E-state index in [-0.39, 0.29) is 35.7 Å². The van der Waals surface area contributed by atoms with E-state index in [0.29, 0.717) is 13.1 Å². The molecule has 1 aliphatic rings. The highest BCUT2D eigenvalue weighted by Crippen LogP contribution is 2.11. The molecule has 0 spiro atoms. The van der Waals surface area contributed by atoms with Crippen LogP contribution in [0.25, 0.3) is 0 Å². The predicted molar refractivity (Wildman–Crippen MR) is 123 cm³/mol. The van der Waals surface area contributed by atoms with Gasteiger partial charge in [0, 0.05) is 32.6 Å². The van der Waals surface area contributed by atoms with Crippen LogP contribution in [0, 0.1) is 0 Å². The Hall–Kier alpha value is -1.84. The van der Waals surface area contributed by atoms with Crippen molar-refractivity contribution in [3.8, 4) is 0 Å². The zero-order valence-electron chi connectivity index (χ0n) is 16.7. The van der Waals surface area contributed by atoms with Crippen LogP contribution in [0.1, 0.15) is 50.5 Å². The number of hydrogen-bond donors (Lipinski definition) is 2. The van der Waals surface area contributed by atoms with Gasteiger partial charge in [-0.25, -0.2) is 9.48 Å². The average molecular weight is 498 g/mol. The molecule has 0 aliphatic carbocycles. The first-order valence-electron chi connectivity index (χ1n) is 9.95. The minimum atomic E-state index is 0. The van der Waals surface area contributed by atoms with Crippen LogP contribution in [0.4, 0.5) is 0 Å². The van der Waals surface area contributed by atoms with Crippen molar-refractivity contribution in [3.63, 3.8) is 0 Å². The number of hydrogen-bond acceptors (Lipinski definition) is 3. The largest absolute Gasteiger partial charge is 0.357 e. The lowest BCUT2D eigenvalue weighted by Crippen LogP contribution is -2.38.